The van der Waals surface area contributed by atoms with Gasteiger partial charge in [-0.05, 0) is 42.3 Å². The number of nitrogens with zero attached hydrogens (tertiary/aromatic N) is 1. The number of rotatable bonds is 7. The summed E-state index contributed by atoms with van der Waals surface area (Å²) in [6, 6.07) is 11.2. The standard InChI is InChI=1S/C23H20F6N2O2/c1-14-2-8-18(19(24)10-14)21(32,12-30)23(28,29)20-9-5-16(11-31-20)15-3-6-17(7-4-15)33-13-22(25,26)27/h2-11,32H,12-13,30H2,1H3/t21-/m1/s1. The zero-order valence-corrected chi connectivity index (χ0v) is 17.3. The Morgan fingerprint density at radius 3 is 2.09 bits per heavy atom. The van der Waals surface area contributed by atoms with Crippen LogP contribution in [0.3, 0.4) is 0 Å². The first-order chi connectivity index (χ1) is 15.4. The number of hydrogen-bond acceptors (Lipinski definition) is 4. The van der Waals surface area contributed by atoms with E-state index in [1.807, 2.05) is 0 Å². The number of alkyl halides is 5. The van der Waals surface area contributed by atoms with E-state index in [4.69, 9.17) is 5.73 Å². The molecule has 0 spiro atoms. The largest absolute Gasteiger partial charge is 0.484 e. The third-order valence-electron chi connectivity index (χ3n) is 5.06. The van der Waals surface area contributed by atoms with Crippen molar-refractivity contribution >= 4 is 0 Å². The highest BCUT2D eigenvalue weighted by Crippen LogP contribution is 2.45. The summed E-state index contributed by atoms with van der Waals surface area (Å²) in [7, 11) is 0. The van der Waals surface area contributed by atoms with Gasteiger partial charge >= 0.3 is 12.1 Å². The van der Waals surface area contributed by atoms with Crippen molar-refractivity contribution in [3.05, 3.63) is 83.4 Å². The molecule has 2 aromatic carbocycles. The van der Waals surface area contributed by atoms with Crippen molar-refractivity contribution in [2.24, 2.45) is 5.73 Å². The number of aryl methyl sites for hydroxylation is 1. The normalized spacial score (nSPS) is 14.1. The Hall–Kier alpha value is -3.11. The second-order valence-corrected chi connectivity index (χ2v) is 7.48. The number of pyridine rings is 1. The second kappa shape index (κ2) is 9.03. The van der Waals surface area contributed by atoms with Crippen LogP contribution < -0.4 is 10.5 Å². The van der Waals surface area contributed by atoms with Gasteiger partial charge < -0.3 is 15.6 Å². The van der Waals surface area contributed by atoms with Crippen molar-refractivity contribution < 1.29 is 36.2 Å². The molecule has 33 heavy (non-hydrogen) atoms. The van der Waals surface area contributed by atoms with Gasteiger partial charge in [0.1, 0.15) is 17.3 Å². The molecule has 0 saturated carbocycles. The Labute approximate surface area is 185 Å². The van der Waals surface area contributed by atoms with Gasteiger partial charge in [-0.3, -0.25) is 4.98 Å². The van der Waals surface area contributed by atoms with Crippen molar-refractivity contribution in [1.82, 2.24) is 4.98 Å². The molecule has 1 heterocycles. The summed E-state index contributed by atoms with van der Waals surface area (Å²) in [4.78, 5) is 3.74. The number of halogens is 6. The SMILES string of the molecule is Cc1ccc([C@](O)(CN)C(F)(F)c2ccc(-c3ccc(OCC(F)(F)F)cc3)cn2)c(F)c1. The molecular formula is C23H20F6N2O2. The summed E-state index contributed by atoms with van der Waals surface area (Å²) in [6.45, 7) is -0.839. The number of nitrogens with two attached hydrogens (primary N) is 1. The second-order valence-electron chi connectivity index (χ2n) is 7.48. The monoisotopic (exact) mass is 470 g/mol. The number of ether oxygens (including phenoxy) is 1. The van der Waals surface area contributed by atoms with Gasteiger partial charge in [-0.1, -0.05) is 30.3 Å². The van der Waals surface area contributed by atoms with E-state index >= 15 is 8.78 Å². The highest BCUT2D eigenvalue weighted by molar-refractivity contribution is 5.63. The lowest BCUT2D eigenvalue weighted by Gasteiger charge is -2.35. The van der Waals surface area contributed by atoms with Crippen molar-refractivity contribution in [3.63, 3.8) is 0 Å². The maximum Gasteiger partial charge on any atom is 0.422 e. The van der Waals surface area contributed by atoms with E-state index in [9.17, 15) is 22.7 Å². The Bertz CT molecular complexity index is 1100. The van der Waals surface area contributed by atoms with Gasteiger partial charge in [-0.2, -0.15) is 22.0 Å². The van der Waals surface area contributed by atoms with Crippen molar-refractivity contribution in [1.29, 1.82) is 0 Å². The molecule has 4 nitrogen and oxygen atoms in total. The van der Waals surface area contributed by atoms with Crippen molar-refractivity contribution in [2.75, 3.05) is 13.2 Å². The van der Waals surface area contributed by atoms with Gasteiger partial charge in [-0.25, -0.2) is 4.39 Å². The average Bonchev–Trinajstić information content (AvgIpc) is 2.77. The van der Waals surface area contributed by atoms with Crippen LogP contribution in [0, 0.1) is 12.7 Å². The van der Waals surface area contributed by atoms with E-state index in [1.54, 1.807) is 6.92 Å². The Morgan fingerprint density at radius 1 is 0.939 bits per heavy atom. The molecular weight excluding hydrogens is 450 g/mol. The number of aliphatic hydroxyl groups is 1. The first-order valence-corrected chi connectivity index (χ1v) is 9.71. The van der Waals surface area contributed by atoms with Crippen LogP contribution in [0.15, 0.2) is 60.8 Å². The molecule has 1 aromatic heterocycles. The van der Waals surface area contributed by atoms with Crippen LogP contribution in [0.4, 0.5) is 26.3 Å². The van der Waals surface area contributed by atoms with Crippen LogP contribution >= 0.6 is 0 Å². The van der Waals surface area contributed by atoms with Gasteiger partial charge in [0, 0.05) is 23.9 Å². The lowest BCUT2D eigenvalue weighted by atomic mass is 9.84. The van der Waals surface area contributed by atoms with E-state index in [2.05, 4.69) is 9.72 Å². The molecule has 10 heteroatoms. The summed E-state index contributed by atoms with van der Waals surface area (Å²) in [5, 5.41) is 10.7. The van der Waals surface area contributed by atoms with Gasteiger partial charge in [-0.15, -0.1) is 0 Å². The van der Waals surface area contributed by atoms with Crippen molar-refractivity contribution in [2.45, 2.75) is 24.6 Å². The molecule has 0 bridgehead atoms. The highest BCUT2D eigenvalue weighted by atomic mass is 19.4. The van der Waals surface area contributed by atoms with Gasteiger partial charge in [0.05, 0.1) is 0 Å². The van der Waals surface area contributed by atoms with Crippen LogP contribution in [0.2, 0.25) is 0 Å². The topological polar surface area (TPSA) is 68.4 Å². The Balaban J connectivity index is 1.86. The van der Waals surface area contributed by atoms with Crippen LogP contribution in [-0.2, 0) is 11.5 Å². The van der Waals surface area contributed by atoms with Crippen LogP contribution in [0.1, 0.15) is 16.8 Å². The van der Waals surface area contributed by atoms with Crippen LogP contribution in [0.25, 0.3) is 11.1 Å². The fourth-order valence-corrected chi connectivity index (χ4v) is 3.23. The average molecular weight is 470 g/mol. The quantitative estimate of drug-likeness (QED) is 0.473. The summed E-state index contributed by atoms with van der Waals surface area (Å²) in [6.07, 6.45) is -3.37. The van der Waals surface area contributed by atoms with Crippen molar-refractivity contribution in [3.8, 4) is 16.9 Å². The van der Waals surface area contributed by atoms with Crippen LogP contribution in [0.5, 0.6) is 5.75 Å². The number of hydrogen-bond donors (Lipinski definition) is 2. The minimum absolute atomic E-state index is 0.0136. The lowest BCUT2D eigenvalue weighted by Crippen LogP contribution is -2.50. The van der Waals surface area contributed by atoms with E-state index in [1.165, 1.54) is 36.4 Å². The maximum atomic E-state index is 15.3. The molecule has 1 atom stereocenters. The third-order valence-corrected chi connectivity index (χ3v) is 5.06. The fourth-order valence-electron chi connectivity index (χ4n) is 3.23. The molecule has 0 aliphatic heterocycles. The predicted octanol–water partition coefficient (Wildman–Crippen LogP) is 5.08. The van der Waals surface area contributed by atoms with Crippen LogP contribution in [-0.4, -0.2) is 29.4 Å². The first-order valence-electron chi connectivity index (χ1n) is 9.71. The van der Waals surface area contributed by atoms with E-state index in [-0.39, 0.29) is 5.75 Å². The minimum Gasteiger partial charge on any atom is -0.484 e. The molecule has 3 aromatic rings. The van der Waals surface area contributed by atoms with Gasteiger partial charge in [0.2, 0.25) is 0 Å². The zero-order chi connectivity index (χ0) is 24.4. The Morgan fingerprint density at radius 2 is 1.58 bits per heavy atom. The number of benzene rings is 2. The summed E-state index contributed by atoms with van der Waals surface area (Å²) >= 11 is 0. The minimum atomic E-state index is -4.48. The van der Waals surface area contributed by atoms with E-state index < -0.39 is 47.9 Å². The molecule has 176 valence electrons. The van der Waals surface area contributed by atoms with E-state index in [0.29, 0.717) is 16.7 Å². The number of aromatic nitrogens is 1. The predicted molar refractivity (Wildman–Crippen MR) is 109 cm³/mol. The molecule has 0 fully saturated rings. The van der Waals surface area contributed by atoms with E-state index in [0.717, 1.165) is 24.4 Å². The highest BCUT2D eigenvalue weighted by Gasteiger charge is 2.56. The molecule has 3 rings (SSSR count). The maximum absolute atomic E-state index is 15.3. The molecule has 3 N–H and O–H groups in total. The molecule has 0 saturated heterocycles. The van der Waals surface area contributed by atoms with Gasteiger partial charge in [0.25, 0.3) is 0 Å². The zero-order valence-electron chi connectivity index (χ0n) is 17.3. The first kappa shape index (κ1) is 24.5. The molecule has 0 aliphatic rings. The summed E-state index contributed by atoms with van der Waals surface area (Å²) in [5.41, 5.74) is 2.27. The molecule has 0 radical (unpaired) electrons. The third kappa shape index (κ3) is 5.12. The van der Waals surface area contributed by atoms with Gasteiger partial charge in [0.15, 0.2) is 12.2 Å². The lowest BCUT2D eigenvalue weighted by molar-refractivity contribution is -0.193. The fraction of sp³-hybridized carbons (Fsp3) is 0.261. The molecule has 0 aliphatic carbocycles. The smallest absolute Gasteiger partial charge is 0.422 e. The summed E-state index contributed by atoms with van der Waals surface area (Å²) < 4.78 is 86.3. The molecule has 0 amide bonds. The molecule has 0 unspecified atom stereocenters. The summed E-state index contributed by atoms with van der Waals surface area (Å²) in [5.74, 6) is -5.07. The Kier molecular flexibility index (Phi) is 6.71.